The van der Waals surface area contributed by atoms with Gasteiger partial charge < -0.3 is 9.84 Å². The van der Waals surface area contributed by atoms with E-state index in [2.05, 4.69) is 0 Å². The lowest BCUT2D eigenvalue weighted by Crippen LogP contribution is -2.00. The van der Waals surface area contributed by atoms with E-state index in [9.17, 15) is 5.11 Å². The number of aliphatic hydroxyl groups excluding tert-OH is 1. The van der Waals surface area contributed by atoms with Crippen molar-refractivity contribution in [2.45, 2.75) is 19.8 Å². The van der Waals surface area contributed by atoms with E-state index < -0.39 is 0 Å². The molecule has 0 heterocycles. The maximum absolute atomic E-state index is 9.19. The van der Waals surface area contributed by atoms with Crippen molar-refractivity contribution in [1.82, 2.24) is 0 Å². The van der Waals surface area contributed by atoms with Crippen LogP contribution in [0.3, 0.4) is 0 Å². The average molecular weight is 202 g/mol. The highest BCUT2D eigenvalue weighted by molar-refractivity contribution is 5.29. The molecule has 0 atom stereocenters. The smallest absolute Gasteiger partial charge is 0.126 e. The molecule has 1 aromatic carbocycles. The van der Waals surface area contributed by atoms with Crippen LogP contribution in [0.5, 0.6) is 5.75 Å². The van der Waals surface area contributed by atoms with E-state index in [0.717, 1.165) is 17.9 Å². The highest BCUT2D eigenvalue weighted by Crippen LogP contribution is 2.21. The van der Waals surface area contributed by atoms with Crippen LogP contribution < -0.4 is 4.74 Å². The van der Waals surface area contributed by atoms with Gasteiger partial charge in [0.2, 0.25) is 0 Å². The van der Waals surface area contributed by atoms with E-state index in [1.165, 1.54) is 5.56 Å². The summed E-state index contributed by atoms with van der Waals surface area (Å²) in [5.74, 6) is 2.17. The van der Waals surface area contributed by atoms with Crippen LogP contribution in [0.2, 0.25) is 0 Å². The Balaban J connectivity index is 2.06. The SMILES string of the molecule is Cc1ccc(OC2=CC=C(O)CC2)cc1. The van der Waals surface area contributed by atoms with Gasteiger partial charge in [-0.3, -0.25) is 0 Å². The van der Waals surface area contributed by atoms with Crippen LogP contribution in [0.15, 0.2) is 47.9 Å². The minimum Gasteiger partial charge on any atom is -0.512 e. The average Bonchev–Trinajstić information content (AvgIpc) is 2.25. The van der Waals surface area contributed by atoms with Crippen LogP contribution in [0.4, 0.5) is 0 Å². The van der Waals surface area contributed by atoms with E-state index in [0.29, 0.717) is 12.2 Å². The monoisotopic (exact) mass is 202 g/mol. The maximum atomic E-state index is 9.19. The van der Waals surface area contributed by atoms with Crippen molar-refractivity contribution < 1.29 is 9.84 Å². The molecule has 1 aromatic rings. The zero-order valence-corrected chi connectivity index (χ0v) is 8.73. The first-order valence-corrected chi connectivity index (χ1v) is 5.07. The Morgan fingerprint density at radius 2 is 1.80 bits per heavy atom. The highest BCUT2D eigenvalue weighted by atomic mass is 16.5. The fourth-order valence-electron chi connectivity index (χ4n) is 1.45. The van der Waals surface area contributed by atoms with Crippen molar-refractivity contribution >= 4 is 0 Å². The molecule has 2 rings (SSSR count). The minimum atomic E-state index is 0.422. The molecule has 0 fully saturated rings. The molecule has 0 unspecified atom stereocenters. The lowest BCUT2D eigenvalue weighted by atomic mass is 10.1. The maximum Gasteiger partial charge on any atom is 0.126 e. The number of hydrogen-bond donors (Lipinski definition) is 1. The number of allylic oxidation sites excluding steroid dienone is 4. The third kappa shape index (κ3) is 2.62. The van der Waals surface area contributed by atoms with Crippen LogP contribution in [0, 0.1) is 6.92 Å². The van der Waals surface area contributed by atoms with E-state index in [1.807, 2.05) is 37.3 Å². The molecule has 78 valence electrons. The number of ether oxygens (including phenoxy) is 1. The molecule has 15 heavy (non-hydrogen) atoms. The summed E-state index contributed by atoms with van der Waals surface area (Å²) in [7, 11) is 0. The van der Waals surface area contributed by atoms with Gasteiger partial charge in [-0.2, -0.15) is 0 Å². The first kappa shape index (κ1) is 9.84. The number of benzene rings is 1. The van der Waals surface area contributed by atoms with E-state index >= 15 is 0 Å². The van der Waals surface area contributed by atoms with Crippen molar-refractivity contribution in [1.29, 1.82) is 0 Å². The van der Waals surface area contributed by atoms with Crippen LogP contribution >= 0.6 is 0 Å². The minimum absolute atomic E-state index is 0.422. The number of aryl methyl sites for hydroxylation is 1. The topological polar surface area (TPSA) is 29.5 Å². The second kappa shape index (κ2) is 4.22. The molecule has 0 aromatic heterocycles. The van der Waals surface area contributed by atoms with Gasteiger partial charge >= 0.3 is 0 Å². The Labute approximate surface area is 89.5 Å². The van der Waals surface area contributed by atoms with Crippen LogP contribution in [-0.2, 0) is 0 Å². The molecule has 2 nitrogen and oxygen atoms in total. The lowest BCUT2D eigenvalue weighted by Gasteiger charge is -2.12. The molecule has 0 amide bonds. The molecule has 1 N–H and O–H groups in total. The zero-order valence-electron chi connectivity index (χ0n) is 8.73. The Kier molecular flexibility index (Phi) is 2.77. The third-order valence-corrected chi connectivity index (χ3v) is 2.36. The Morgan fingerprint density at radius 3 is 2.40 bits per heavy atom. The predicted octanol–water partition coefficient (Wildman–Crippen LogP) is 3.49. The number of rotatable bonds is 2. The molecule has 0 aliphatic heterocycles. The number of hydrogen-bond acceptors (Lipinski definition) is 2. The molecule has 0 radical (unpaired) electrons. The lowest BCUT2D eigenvalue weighted by molar-refractivity contribution is 0.351. The van der Waals surface area contributed by atoms with Gasteiger partial charge in [0, 0.05) is 12.8 Å². The van der Waals surface area contributed by atoms with Gasteiger partial charge in [0.15, 0.2) is 0 Å². The van der Waals surface area contributed by atoms with Crippen LogP contribution in [0.25, 0.3) is 0 Å². The first-order valence-electron chi connectivity index (χ1n) is 5.07. The summed E-state index contributed by atoms with van der Waals surface area (Å²) >= 11 is 0. The van der Waals surface area contributed by atoms with Gasteiger partial charge in [-0.15, -0.1) is 0 Å². The highest BCUT2D eigenvalue weighted by Gasteiger charge is 2.06. The Bertz CT molecular complexity index is 399. The van der Waals surface area contributed by atoms with Gasteiger partial charge in [0.1, 0.15) is 11.5 Å². The zero-order chi connectivity index (χ0) is 10.7. The molecule has 2 heteroatoms. The van der Waals surface area contributed by atoms with Crippen molar-refractivity contribution in [2.24, 2.45) is 0 Å². The van der Waals surface area contributed by atoms with E-state index in [-0.39, 0.29) is 0 Å². The summed E-state index contributed by atoms with van der Waals surface area (Å²) in [6.07, 6.45) is 4.93. The van der Waals surface area contributed by atoms with Gasteiger partial charge in [-0.05, 0) is 31.2 Å². The fourth-order valence-corrected chi connectivity index (χ4v) is 1.45. The summed E-state index contributed by atoms with van der Waals surface area (Å²) in [6, 6.07) is 7.95. The fraction of sp³-hybridized carbons (Fsp3) is 0.231. The van der Waals surface area contributed by atoms with Gasteiger partial charge in [-0.1, -0.05) is 17.7 Å². The summed E-state index contributed by atoms with van der Waals surface area (Å²) in [6.45, 7) is 2.05. The summed E-state index contributed by atoms with van der Waals surface area (Å²) < 4.78 is 5.66. The molecule has 0 spiro atoms. The standard InChI is InChI=1S/C13H14O2/c1-10-2-6-12(7-3-10)15-13-8-4-11(14)5-9-13/h2-4,6-8,14H,5,9H2,1H3. The molecule has 1 aliphatic carbocycles. The molecular weight excluding hydrogens is 188 g/mol. The summed E-state index contributed by atoms with van der Waals surface area (Å²) in [5.41, 5.74) is 1.22. The van der Waals surface area contributed by atoms with Gasteiger partial charge in [-0.25, -0.2) is 0 Å². The van der Waals surface area contributed by atoms with Crippen molar-refractivity contribution in [3.8, 4) is 5.75 Å². The predicted molar refractivity (Wildman–Crippen MR) is 59.8 cm³/mol. The van der Waals surface area contributed by atoms with Gasteiger partial charge in [0.05, 0.1) is 5.76 Å². The summed E-state index contributed by atoms with van der Waals surface area (Å²) in [4.78, 5) is 0. The van der Waals surface area contributed by atoms with Gasteiger partial charge in [0.25, 0.3) is 0 Å². The van der Waals surface area contributed by atoms with Crippen LogP contribution in [-0.4, -0.2) is 5.11 Å². The second-order valence-electron chi connectivity index (χ2n) is 3.71. The molecular formula is C13H14O2. The van der Waals surface area contributed by atoms with Crippen molar-refractivity contribution in [3.63, 3.8) is 0 Å². The molecule has 0 bridgehead atoms. The molecule has 0 saturated heterocycles. The third-order valence-electron chi connectivity index (χ3n) is 2.36. The van der Waals surface area contributed by atoms with Crippen LogP contribution in [0.1, 0.15) is 18.4 Å². The Hall–Kier alpha value is -1.70. The van der Waals surface area contributed by atoms with Crippen molar-refractivity contribution in [3.05, 3.63) is 53.5 Å². The van der Waals surface area contributed by atoms with Crippen molar-refractivity contribution in [2.75, 3.05) is 0 Å². The van der Waals surface area contributed by atoms with E-state index in [1.54, 1.807) is 6.08 Å². The van der Waals surface area contributed by atoms with E-state index in [4.69, 9.17) is 4.74 Å². The largest absolute Gasteiger partial charge is 0.512 e. The second-order valence-corrected chi connectivity index (χ2v) is 3.71. The quantitative estimate of drug-likeness (QED) is 0.795. The Morgan fingerprint density at radius 1 is 1.07 bits per heavy atom. The number of aliphatic hydroxyl groups is 1. The summed E-state index contributed by atoms with van der Waals surface area (Å²) in [5, 5.41) is 9.19. The normalized spacial score (nSPS) is 15.5. The molecule has 1 aliphatic rings. The first-order chi connectivity index (χ1) is 7.24. The molecule has 0 saturated carbocycles.